The van der Waals surface area contributed by atoms with Crippen LogP contribution in [0.1, 0.15) is 37.8 Å². The Kier molecular flexibility index (Phi) is 6.12. The first-order valence-corrected chi connectivity index (χ1v) is 10.6. The number of likely N-dealkylation sites (tertiary alicyclic amines) is 1. The van der Waals surface area contributed by atoms with Crippen LogP contribution in [-0.4, -0.2) is 56.0 Å². The molecule has 1 aromatic rings. The molecule has 0 unspecified atom stereocenters. The van der Waals surface area contributed by atoms with E-state index in [1.54, 1.807) is 0 Å². The van der Waals surface area contributed by atoms with Crippen molar-refractivity contribution in [3.05, 3.63) is 35.4 Å². The Hall–Kier alpha value is -0.990. The molecule has 1 N–H and O–H groups in total. The number of morpholine rings is 1. The zero-order valence-electron chi connectivity index (χ0n) is 15.1. The van der Waals surface area contributed by atoms with Crippen LogP contribution in [0.3, 0.4) is 0 Å². The summed E-state index contributed by atoms with van der Waals surface area (Å²) >= 11 is 0. The second-order valence-corrected chi connectivity index (χ2v) is 8.91. The fourth-order valence-corrected chi connectivity index (χ4v) is 4.99. The highest BCUT2D eigenvalue weighted by Crippen LogP contribution is 2.17. The number of rotatable bonds is 6. The van der Waals surface area contributed by atoms with Crippen LogP contribution in [0.4, 0.5) is 0 Å². The summed E-state index contributed by atoms with van der Waals surface area (Å²) in [5.41, 5.74) is 2.25. The second-order valence-electron chi connectivity index (χ2n) is 7.15. The van der Waals surface area contributed by atoms with Crippen LogP contribution in [0, 0.1) is 0 Å². The van der Waals surface area contributed by atoms with Gasteiger partial charge in [-0.05, 0) is 50.9 Å². The third-order valence-corrected chi connectivity index (χ3v) is 6.37. The maximum absolute atomic E-state index is 12.7. The molecule has 3 rings (SSSR count). The van der Waals surface area contributed by atoms with Crippen molar-refractivity contribution < 1.29 is 13.2 Å². The van der Waals surface area contributed by atoms with Gasteiger partial charge in [-0.25, -0.2) is 0 Å². The van der Waals surface area contributed by atoms with Crippen LogP contribution in [0.15, 0.2) is 24.3 Å². The standard InChI is InChI=1S/C18H29N3O3S/c1-15-12-21(13-16(2)24-15)25(22,23)19-11-17-7-3-4-8-18(17)14-20-9-5-6-10-20/h3-4,7-8,15-16,19H,5-6,9-14H2,1-2H3/t15-,16-/m0/s1. The molecule has 2 aliphatic heterocycles. The van der Waals surface area contributed by atoms with Gasteiger partial charge in [0.15, 0.2) is 0 Å². The van der Waals surface area contributed by atoms with Crippen molar-refractivity contribution in [2.75, 3.05) is 26.2 Å². The van der Waals surface area contributed by atoms with E-state index in [1.165, 1.54) is 22.7 Å². The van der Waals surface area contributed by atoms with Crippen LogP contribution in [0.5, 0.6) is 0 Å². The maximum Gasteiger partial charge on any atom is 0.279 e. The molecule has 7 heteroatoms. The van der Waals surface area contributed by atoms with Crippen molar-refractivity contribution in [2.45, 2.75) is 52.0 Å². The van der Waals surface area contributed by atoms with Gasteiger partial charge < -0.3 is 4.74 Å². The van der Waals surface area contributed by atoms with Gasteiger partial charge >= 0.3 is 0 Å². The summed E-state index contributed by atoms with van der Waals surface area (Å²) in [5.74, 6) is 0. The van der Waals surface area contributed by atoms with Crippen molar-refractivity contribution >= 4 is 10.2 Å². The molecular formula is C18H29N3O3S. The zero-order valence-corrected chi connectivity index (χ0v) is 16.0. The van der Waals surface area contributed by atoms with Crippen molar-refractivity contribution in [2.24, 2.45) is 0 Å². The highest BCUT2D eigenvalue weighted by atomic mass is 32.2. The molecule has 0 amide bonds. The van der Waals surface area contributed by atoms with E-state index in [2.05, 4.69) is 15.7 Å². The Morgan fingerprint density at radius 3 is 2.32 bits per heavy atom. The van der Waals surface area contributed by atoms with E-state index in [0.717, 1.165) is 25.2 Å². The van der Waals surface area contributed by atoms with Crippen LogP contribution < -0.4 is 4.72 Å². The molecule has 0 aromatic heterocycles. The van der Waals surface area contributed by atoms with Gasteiger partial charge in [-0.15, -0.1) is 0 Å². The lowest BCUT2D eigenvalue weighted by molar-refractivity contribution is -0.0444. The molecule has 2 atom stereocenters. The normalized spacial score (nSPS) is 26.2. The fourth-order valence-electron chi connectivity index (χ4n) is 3.65. The van der Waals surface area contributed by atoms with Crippen molar-refractivity contribution in [3.8, 4) is 0 Å². The van der Waals surface area contributed by atoms with E-state index < -0.39 is 10.2 Å². The van der Waals surface area contributed by atoms with Gasteiger partial charge in [0.1, 0.15) is 0 Å². The van der Waals surface area contributed by atoms with Crippen LogP contribution in [-0.2, 0) is 28.0 Å². The molecule has 6 nitrogen and oxygen atoms in total. The van der Waals surface area contributed by atoms with Gasteiger partial charge in [0.05, 0.1) is 12.2 Å². The molecule has 0 radical (unpaired) electrons. The third kappa shape index (κ3) is 5.01. The van der Waals surface area contributed by atoms with E-state index in [4.69, 9.17) is 4.74 Å². The van der Waals surface area contributed by atoms with E-state index in [0.29, 0.717) is 19.6 Å². The quantitative estimate of drug-likeness (QED) is 0.832. The van der Waals surface area contributed by atoms with Gasteiger partial charge in [-0.1, -0.05) is 24.3 Å². The van der Waals surface area contributed by atoms with E-state index in [9.17, 15) is 8.42 Å². The molecule has 2 aliphatic rings. The molecule has 2 heterocycles. The second kappa shape index (κ2) is 8.14. The summed E-state index contributed by atoms with van der Waals surface area (Å²) in [5, 5.41) is 0. The third-order valence-electron chi connectivity index (χ3n) is 4.88. The average molecular weight is 368 g/mol. The minimum Gasteiger partial charge on any atom is -0.373 e. The largest absolute Gasteiger partial charge is 0.373 e. The minimum absolute atomic E-state index is 0.0808. The lowest BCUT2D eigenvalue weighted by Crippen LogP contribution is -2.51. The molecule has 0 saturated carbocycles. The molecule has 2 saturated heterocycles. The molecule has 0 aliphatic carbocycles. The van der Waals surface area contributed by atoms with Crippen LogP contribution >= 0.6 is 0 Å². The molecule has 0 bridgehead atoms. The molecule has 0 spiro atoms. The zero-order chi connectivity index (χ0) is 17.9. The van der Waals surface area contributed by atoms with Gasteiger partial charge in [0.25, 0.3) is 10.2 Å². The Bertz CT molecular complexity index is 664. The highest BCUT2D eigenvalue weighted by molar-refractivity contribution is 7.87. The van der Waals surface area contributed by atoms with Gasteiger partial charge in [0.2, 0.25) is 0 Å². The summed E-state index contributed by atoms with van der Waals surface area (Å²) in [6.45, 7) is 8.08. The van der Waals surface area contributed by atoms with E-state index in [-0.39, 0.29) is 12.2 Å². The van der Waals surface area contributed by atoms with Crippen molar-refractivity contribution in [3.63, 3.8) is 0 Å². The minimum atomic E-state index is -3.50. The van der Waals surface area contributed by atoms with Crippen molar-refractivity contribution in [1.82, 2.24) is 13.9 Å². The van der Waals surface area contributed by atoms with Gasteiger partial charge in [0, 0.05) is 26.2 Å². The predicted octanol–water partition coefficient (Wildman–Crippen LogP) is 1.73. The first-order chi connectivity index (χ1) is 11.9. The Morgan fingerprint density at radius 2 is 1.68 bits per heavy atom. The first kappa shape index (κ1) is 18.8. The molecule has 25 heavy (non-hydrogen) atoms. The maximum atomic E-state index is 12.7. The summed E-state index contributed by atoms with van der Waals surface area (Å²) in [6, 6.07) is 8.10. The first-order valence-electron chi connectivity index (χ1n) is 9.13. The van der Waals surface area contributed by atoms with E-state index in [1.807, 2.05) is 32.0 Å². The topological polar surface area (TPSA) is 61.9 Å². The summed E-state index contributed by atoms with van der Waals surface area (Å²) < 4.78 is 35.2. The summed E-state index contributed by atoms with van der Waals surface area (Å²) in [4.78, 5) is 2.43. The van der Waals surface area contributed by atoms with E-state index >= 15 is 0 Å². The molecular weight excluding hydrogens is 338 g/mol. The summed E-state index contributed by atoms with van der Waals surface area (Å²) in [6.07, 6.45) is 2.34. The highest BCUT2D eigenvalue weighted by Gasteiger charge is 2.30. The number of benzene rings is 1. The predicted molar refractivity (Wildman–Crippen MR) is 98.3 cm³/mol. The molecule has 140 valence electrons. The number of ether oxygens (including phenoxy) is 1. The Balaban J connectivity index is 1.64. The Labute approximate surface area is 151 Å². The summed E-state index contributed by atoms with van der Waals surface area (Å²) in [7, 11) is -3.50. The van der Waals surface area contributed by atoms with Crippen LogP contribution in [0.2, 0.25) is 0 Å². The molecule has 2 fully saturated rings. The van der Waals surface area contributed by atoms with Crippen LogP contribution in [0.25, 0.3) is 0 Å². The van der Waals surface area contributed by atoms with Gasteiger partial charge in [-0.2, -0.15) is 17.4 Å². The lowest BCUT2D eigenvalue weighted by atomic mass is 10.1. The lowest BCUT2D eigenvalue weighted by Gasteiger charge is -2.34. The smallest absolute Gasteiger partial charge is 0.279 e. The number of nitrogens with zero attached hydrogens (tertiary/aromatic N) is 2. The number of hydrogen-bond acceptors (Lipinski definition) is 4. The fraction of sp³-hybridized carbons (Fsp3) is 0.667. The Morgan fingerprint density at radius 1 is 1.08 bits per heavy atom. The average Bonchev–Trinajstić information content (AvgIpc) is 3.06. The number of nitrogens with one attached hydrogen (secondary N) is 1. The van der Waals surface area contributed by atoms with Crippen molar-refractivity contribution in [1.29, 1.82) is 0 Å². The number of hydrogen-bond donors (Lipinski definition) is 1. The monoisotopic (exact) mass is 367 g/mol. The SMILES string of the molecule is C[C@H]1CN(S(=O)(=O)NCc2ccccc2CN2CCCC2)C[C@H](C)O1. The molecule has 1 aromatic carbocycles. The van der Waals surface area contributed by atoms with Gasteiger partial charge in [-0.3, -0.25) is 4.90 Å².